The monoisotopic (exact) mass is 253 g/mol. The average Bonchev–Trinajstić information content (AvgIpc) is 2.18. The molecule has 0 fully saturated rings. The maximum Gasteiger partial charge on any atom is 0.219 e. The van der Waals surface area contributed by atoms with Crippen LogP contribution in [0.2, 0.25) is 0 Å². The molecule has 0 bridgehead atoms. The van der Waals surface area contributed by atoms with Gasteiger partial charge in [-0.1, -0.05) is 6.92 Å². The standard InChI is InChI=1S/C10H20ClNO2S/c1-9(15(2)14)6-8-12-10(13)5-3-4-7-11/h9H,3-8H2,1-2H3,(H,12,13). The zero-order valence-corrected chi connectivity index (χ0v) is 11.0. The van der Waals surface area contributed by atoms with Gasteiger partial charge in [-0.2, -0.15) is 0 Å². The third-order valence-corrected chi connectivity index (χ3v) is 3.86. The number of alkyl halides is 1. The molecule has 0 aliphatic heterocycles. The van der Waals surface area contributed by atoms with Crippen molar-refractivity contribution in [3.05, 3.63) is 0 Å². The van der Waals surface area contributed by atoms with E-state index in [0.717, 1.165) is 19.3 Å². The van der Waals surface area contributed by atoms with E-state index in [2.05, 4.69) is 5.32 Å². The van der Waals surface area contributed by atoms with Gasteiger partial charge in [0.2, 0.25) is 5.91 Å². The van der Waals surface area contributed by atoms with Gasteiger partial charge in [-0.15, -0.1) is 11.6 Å². The lowest BCUT2D eigenvalue weighted by Crippen LogP contribution is -2.27. The Morgan fingerprint density at radius 2 is 2.13 bits per heavy atom. The van der Waals surface area contributed by atoms with Crippen LogP contribution < -0.4 is 5.32 Å². The Labute approximate surface area is 99.4 Å². The van der Waals surface area contributed by atoms with Crippen molar-refractivity contribution in [2.45, 2.75) is 37.9 Å². The van der Waals surface area contributed by atoms with E-state index >= 15 is 0 Å². The number of unbranched alkanes of at least 4 members (excludes halogenated alkanes) is 1. The van der Waals surface area contributed by atoms with Gasteiger partial charge >= 0.3 is 0 Å². The van der Waals surface area contributed by atoms with E-state index in [-0.39, 0.29) is 11.2 Å². The first-order valence-electron chi connectivity index (χ1n) is 5.22. The number of hydrogen-bond donors (Lipinski definition) is 1. The molecule has 0 aromatic rings. The molecule has 5 heteroatoms. The van der Waals surface area contributed by atoms with Gasteiger partial charge in [0.15, 0.2) is 0 Å². The van der Waals surface area contributed by atoms with Gasteiger partial charge in [0.1, 0.15) is 0 Å². The summed E-state index contributed by atoms with van der Waals surface area (Å²) in [6, 6.07) is 0. The minimum atomic E-state index is -0.801. The van der Waals surface area contributed by atoms with Crippen LogP contribution in [0.3, 0.4) is 0 Å². The summed E-state index contributed by atoms with van der Waals surface area (Å²) in [5.74, 6) is 0.674. The van der Waals surface area contributed by atoms with E-state index < -0.39 is 10.8 Å². The smallest absolute Gasteiger partial charge is 0.219 e. The molecule has 2 atom stereocenters. The highest BCUT2D eigenvalue weighted by Crippen LogP contribution is 1.99. The summed E-state index contributed by atoms with van der Waals surface area (Å²) in [5.41, 5.74) is 0. The quantitative estimate of drug-likeness (QED) is 0.528. The third kappa shape index (κ3) is 8.88. The summed E-state index contributed by atoms with van der Waals surface area (Å²) in [7, 11) is -0.801. The molecular formula is C10H20ClNO2S. The summed E-state index contributed by atoms with van der Waals surface area (Å²) in [6.07, 6.45) is 4.71. The van der Waals surface area contributed by atoms with Crippen LogP contribution in [-0.2, 0) is 15.6 Å². The average molecular weight is 254 g/mol. The highest BCUT2D eigenvalue weighted by molar-refractivity contribution is 7.84. The molecule has 0 spiro atoms. The van der Waals surface area contributed by atoms with Gasteiger partial charge in [-0.05, 0) is 19.3 Å². The first-order chi connectivity index (χ1) is 7.07. The molecule has 2 unspecified atom stereocenters. The molecule has 1 N–H and O–H groups in total. The molecule has 0 saturated heterocycles. The summed E-state index contributed by atoms with van der Waals surface area (Å²) >= 11 is 5.50. The van der Waals surface area contributed by atoms with Crippen LogP contribution in [0.1, 0.15) is 32.6 Å². The summed E-state index contributed by atoms with van der Waals surface area (Å²) < 4.78 is 11.0. The summed E-state index contributed by atoms with van der Waals surface area (Å²) in [6.45, 7) is 2.54. The van der Waals surface area contributed by atoms with Crippen LogP contribution in [0.15, 0.2) is 0 Å². The van der Waals surface area contributed by atoms with Gasteiger partial charge in [0, 0.05) is 41.2 Å². The molecule has 90 valence electrons. The number of halogens is 1. The van der Waals surface area contributed by atoms with Gasteiger partial charge in [0.05, 0.1) is 0 Å². The Bertz CT molecular complexity index is 212. The summed E-state index contributed by atoms with van der Waals surface area (Å²) in [5, 5.41) is 2.96. The minimum Gasteiger partial charge on any atom is -0.356 e. The number of hydrogen-bond acceptors (Lipinski definition) is 2. The first-order valence-corrected chi connectivity index (χ1v) is 7.38. The Balaban J connectivity index is 3.42. The lowest BCUT2D eigenvalue weighted by atomic mass is 10.2. The lowest BCUT2D eigenvalue weighted by molar-refractivity contribution is -0.121. The Kier molecular flexibility index (Phi) is 9.10. The highest BCUT2D eigenvalue weighted by Gasteiger charge is 2.06. The molecule has 1 amide bonds. The van der Waals surface area contributed by atoms with Gasteiger partial charge in [0.25, 0.3) is 0 Å². The molecule has 0 rings (SSSR count). The highest BCUT2D eigenvalue weighted by atomic mass is 35.5. The summed E-state index contributed by atoms with van der Waals surface area (Å²) in [4.78, 5) is 11.2. The van der Waals surface area contributed by atoms with Crippen molar-refractivity contribution < 1.29 is 9.00 Å². The second-order valence-corrected chi connectivity index (χ2v) is 5.77. The van der Waals surface area contributed by atoms with Crippen LogP contribution in [0.5, 0.6) is 0 Å². The van der Waals surface area contributed by atoms with E-state index in [1.165, 1.54) is 0 Å². The molecule has 15 heavy (non-hydrogen) atoms. The van der Waals surface area contributed by atoms with E-state index in [1.807, 2.05) is 6.92 Å². The fourth-order valence-corrected chi connectivity index (χ4v) is 1.69. The van der Waals surface area contributed by atoms with E-state index in [0.29, 0.717) is 18.8 Å². The Morgan fingerprint density at radius 3 is 2.67 bits per heavy atom. The zero-order valence-electron chi connectivity index (χ0n) is 9.42. The predicted octanol–water partition coefficient (Wildman–Crippen LogP) is 1.67. The molecule has 0 aromatic carbocycles. The first kappa shape index (κ1) is 14.9. The predicted molar refractivity (Wildman–Crippen MR) is 65.7 cm³/mol. The molecule has 0 radical (unpaired) electrons. The molecule has 3 nitrogen and oxygen atoms in total. The van der Waals surface area contributed by atoms with Crippen LogP contribution >= 0.6 is 11.6 Å². The SMILES string of the molecule is CC(CCNC(=O)CCCCCl)S(C)=O. The van der Waals surface area contributed by atoms with E-state index in [9.17, 15) is 9.00 Å². The van der Waals surface area contributed by atoms with Crippen molar-refractivity contribution in [1.82, 2.24) is 5.32 Å². The maximum atomic E-state index is 11.2. The Morgan fingerprint density at radius 1 is 1.47 bits per heavy atom. The van der Waals surface area contributed by atoms with Crippen LogP contribution in [0.25, 0.3) is 0 Å². The largest absolute Gasteiger partial charge is 0.356 e. The topological polar surface area (TPSA) is 46.2 Å². The zero-order chi connectivity index (χ0) is 11.7. The van der Waals surface area contributed by atoms with Crippen molar-refractivity contribution >= 4 is 28.3 Å². The number of carbonyl (C=O) groups is 1. The van der Waals surface area contributed by atoms with Crippen LogP contribution in [-0.4, -0.2) is 34.0 Å². The fraction of sp³-hybridized carbons (Fsp3) is 0.900. The molecule has 0 saturated carbocycles. The second kappa shape index (κ2) is 9.16. The van der Waals surface area contributed by atoms with E-state index in [4.69, 9.17) is 11.6 Å². The van der Waals surface area contributed by atoms with Crippen LogP contribution in [0, 0.1) is 0 Å². The third-order valence-electron chi connectivity index (χ3n) is 2.23. The number of amides is 1. The van der Waals surface area contributed by atoms with Crippen molar-refractivity contribution in [3.8, 4) is 0 Å². The van der Waals surface area contributed by atoms with Gasteiger partial charge < -0.3 is 5.32 Å². The molecular weight excluding hydrogens is 234 g/mol. The van der Waals surface area contributed by atoms with E-state index in [1.54, 1.807) is 6.26 Å². The fourth-order valence-electron chi connectivity index (χ4n) is 1.05. The maximum absolute atomic E-state index is 11.2. The van der Waals surface area contributed by atoms with Gasteiger partial charge in [-0.25, -0.2) is 0 Å². The molecule has 0 heterocycles. The number of rotatable bonds is 8. The molecule has 0 aliphatic carbocycles. The number of nitrogens with one attached hydrogen (secondary N) is 1. The van der Waals surface area contributed by atoms with Crippen molar-refractivity contribution in [1.29, 1.82) is 0 Å². The van der Waals surface area contributed by atoms with Crippen molar-refractivity contribution in [2.75, 3.05) is 18.7 Å². The Hall–Kier alpha value is -0.0900. The van der Waals surface area contributed by atoms with Crippen LogP contribution in [0.4, 0.5) is 0 Å². The minimum absolute atomic E-state index is 0.0641. The molecule has 0 aliphatic rings. The normalized spacial score (nSPS) is 14.6. The lowest BCUT2D eigenvalue weighted by Gasteiger charge is -2.08. The van der Waals surface area contributed by atoms with Crippen molar-refractivity contribution in [3.63, 3.8) is 0 Å². The van der Waals surface area contributed by atoms with Gasteiger partial charge in [-0.3, -0.25) is 9.00 Å². The molecule has 0 aromatic heterocycles. The number of carbonyl (C=O) groups excluding carboxylic acids is 1. The van der Waals surface area contributed by atoms with Crippen molar-refractivity contribution in [2.24, 2.45) is 0 Å². The second-order valence-electron chi connectivity index (χ2n) is 3.59.